The van der Waals surface area contributed by atoms with Crippen molar-refractivity contribution in [3.8, 4) is 5.75 Å². The maximum Gasteiger partial charge on any atom is 0.191 e. The lowest BCUT2D eigenvalue weighted by Gasteiger charge is -2.21. The van der Waals surface area contributed by atoms with Crippen molar-refractivity contribution in [2.24, 2.45) is 16.8 Å². The van der Waals surface area contributed by atoms with Crippen LogP contribution < -0.4 is 15.4 Å². The first kappa shape index (κ1) is 23.5. The molecule has 1 aliphatic rings. The van der Waals surface area contributed by atoms with Gasteiger partial charge in [-0.1, -0.05) is 32.0 Å². The molecule has 0 unspecified atom stereocenters. The van der Waals surface area contributed by atoms with E-state index in [2.05, 4.69) is 37.5 Å². The van der Waals surface area contributed by atoms with Gasteiger partial charge in [-0.3, -0.25) is 0 Å². The number of benzene rings is 1. The molecule has 6 heteroatoms. The second-order valence-electron chi connectivity index (χ2n) is 7.92. The van der Waals surface area contributed by atoms with Gasteiger partial charge in [-0.25, -0.2) is 4.99 Å². The summed E-state index contributed by atoms with van der Waals surface area (Å²) in [5.74, 6) is 2.91. The fraction of sp³-hybridized carbons (Fsp3) is 0.696. The number of hydrogen-bond donors (Lipinski definition) is 2. The first-order valence-corrected chi connectivity index (χ1v) is 11.1. The van der Waals surface area contributed by atoms with Crippen LogP contribution in [-0.4, -0.2) is 52.1 Å². The molecule has 1 aliphatic heterocycles. The lowest BCUT2D eigenvalue weighted by atomic mass is 10.0. The van der Waals surface area contributed by atoms with Crippen molar-refractivity contribution in [3.63, 3.8) is 0 Å². The molecule has 1 aromatic carbocycles. The number of hydrogen-bond acceptors (Lipinski definition) is 4. The van der Waals surface area contributed by atoms with E-state index in [-0.39, 0.29) is 0 Å². The van der Waals surface area contributed by atoms with Gasteiger partial charge in [0.05, 0.1) is 13.2 Å². The first-order valence-electron chi connectivity index (χ1n) is 11.1. The van der Waals surface area contributed by atoms with E-state index in [9.17, 15) is 0 Å². The first-order chi connectivity index (χ1) is 14.2. The molecule has 2 N–H and O–H groups in total. The molecule has 164 valence electrons. The van der Waals surface area contributed by atoms with Crippen LogP contribution in [0.4, 0.5) is 0 Å². The summed E-state index contributed by atoms with van der Waals surface area (Å²) in [6, 6.07) is 8.13. The van der Waals surface area contributed by atoms with Crippen molar-refractivity contribution in [1.29, 1.82) is 0 Å². The van der Waals surface area contributed by atoms with Crippen LogP contribution in [0.5, 0.6) is 5.75 Å². The molecule has 0 spiro atoms. The van der Waals surface area contributed by atoms with Gasteiger partial charge < -0.3 is 24.8 Å². The minimum absolute atomic E-state index is 0.499. The van der Waals surface area contributed by atoms with Gasteiger partial charge in [0, 0.05) is 45.1 Å². The van der Waals surface area contributed by atoms with Crippen LogP contribution in [-0.2, 0) is 16.0 Å². The number of nitrogens with zero attached hydrogens (tertiary/aromatic N) is 1. The van der Waals surface area contributed by atoms with E-state index in [1.165, 1.54) is 0 Å². The molecule has 1 heterocycles. The minimum atomic E-state index is 0.499. The van der Waals surface area contributed by atoms with Crippen LogP contribution >= 0.6 is 0 Å². The lowest BCUT2D eigenvalue weighted by molar-refractivity contribution is 0.0203. The van der Waals surface area contributed by atoms with Gasteiger partial charge in [0.2, 0.25) is 0 Å². The maximum absolute atomic E-state index is 5.93. The monoisotopic (exact) mass is 405 g/mol. The summed E-state index contributed by atoms with van der Waals surface area (Å²) < 4.78 is 17.2. The third-order valence-corrected chi connectivity index (χ3v) is 4.75. The molecule has 0 aliphatic carbocycles. The molecule has 6 nitrogen and oxygen atoms in total. The predicted octanol–water partition coefficient (Wildman–Crippen LogP) is 3.61. The predicted molar refractivity (Wildman–Crippen MR) is 119 cm³/mol. The molecule has 0 saturated carbocycles. The second kappa shape index (κ2) is 14.2. The van der Waals surface area contributed by atoms with Crippen molar-refractivity contribution < 1.29 is 14.2 Å². The Labute approximate surface area is 176 Å². The van der Waals surface area contributed by atoms with E-state index < -0.39 is 0 Å². The molecule has 29 heavy (non-hydrogen) atoms. The van der Waals surface area contributed by atoms with E-state index in [0.29, 0.717) is 25.0 Å². The van der Waals surface area contributed by atoms with E-state index in [4.69, 9.17) is 19.2 Å². The maximum atomic E-state index is 5.93. The second-order valence-corrected chi connectivity index (χ2v) is 7.92. The van der Waals surface area contributed by atoms with Crippen molar-refractivity contribution in [2.45, 2.75) is 46.6 Å². The molecule has 1 fully saturated rings. The summed E-state index contributed by atoms with van der Waals surface area (Å²) in [6.45, 7) is 12.7. The highest BCUT2D eigenvalue weighted by molar-refractivity contribution is 5.79. The van der Waals surface area contributed by atoms with Crippen LogP contribution in [0, 0.1) is 11.8 Å². The summed E-state index contributed by atoms with van der Waals surface area (Å²) in [6.07, 6.45) is 3.21. The van der Waals surface area contributed by atoms with Gasteiger partial charge in [-0.2, -0.15) is 0 Å². The van der Waals surface area contributed by atoms with Gasteiger partial charge in [0.25, 0.3) is 0 Å². The Morgan fingerprint density at radius 1 is 1.21 bits per heavy atom. The summed E-state index contributed by atoms with van der Waals surface area (Å²) in [5.41, 5.74) is 1.10. The smallest absolute Gasteiger partial charge is 0.191 e. The Bertz CT molecular complexity index is 586. The van der Waals surface area contributed by atoms with Crippen LogP contribution in [0.2, 0.25) is 0 Å². The van der Waals surface area contributed by atoms with Gasteiger partial charge in [0.1, 0.15) is 5.75 Å². The number of guanidine groups is 1. The van der Waals surface area contributed by atoms with Gasteiger partial charge in [-0.05, 0) is 44.1 Å². The van der Waals surface area contributed by atoms with Crippen LogP contribution in [0.15, 0.2) is 29.3 Å². The Kier molecular flexibility index (Phi) is 11.5. The van der Waals surface area contributed by atoms with Gasteiger partial charge >= 0.3 is 0 Å². The minimum Gasteiger partial charge on any atom is -0.493 e. The molecule has 1 saturated heterocycles. The molecule has 0 atom stereocenters. The van der Waals surface area contributed by atoms with Crippen molar-refractivity contribution in [3.05, 3.63) is 29.8 Å². The van der Waals surface area contributed by atoms with Gasteiger partial charge in [0.15, 0.2) is 5.96 Å². The fourth-order valence-corrected chi connectivity index (χ4v) is 3.08. The Morgan fingerprint density at radius 2 is 2.00 bits per heavy atom. The highest BCUT2D eigenvalue weighted by Crippen LogP contribution is 2.19. The zero-order chi connectivity index (χ0) is 20.7. The summed E-state index contributed by atoms with van der Waals surface area (Å²) in [5, 5.41) is 6.71. The summed E-state index contributed by atoms with van der Waals surface area (Å²) >= 11 is 0. The molecule has 0 bridgehead atoms. The summed E-state index contributed by atoms with van der Waals surface area (Å²) in [4.78, 5) is 4.72. The number of nitrogens with one attached hydrogen (secondary N) is 2. The topological polar surface area (TPSA) is 64.1 Å². The number of aliphatic imine (C=N–C) groups is 1. The third kappa shape index (κ3) is 9.99. The van der Waals surface area contributed by atoms with E-state index >= 15 is 0 Å². The molecule has 0 amide bonds. The lowest BCUT2D eigenvalue weighted by Crippen LogP contribution is -2.38. The van der Waals surface area contributed by atoms with Crippen LogP contribution in [0.1, 0.15) is 45.6 Å². The quantitative estimate of drug-likeness (QED) is 0.316. The summed E-state index contributed by atoms with van der Waals surface area (Å²) in [7, 11) is 0. The SMILES string of the molecule is CCNC(=NCc1ccccc1OCC(C)C)NCCCOCC1CCOCC1. The Hall–Kier alpha value is -1.79. The van der Waals surface area contributed by atoms with Crippen LogP contribution in [0.3, 0.4) is 0 Å². The van der Waals surface area contributed by atoms with Gasteiger partial charge in [-0.15, -0.1) is 0 Å². The molecule has 0 aromatic heterocycles. The zero-order valence-corrected chi connectivity index (χ0v) is 18.4. The molecular formula is C23H39N3O3. The molecular weight excluding hydrogens is 366 g/mol. The van der Waals surface area contributed by atoms with Crippen molar-refractivity contribution in [2.75, 3.05) is 46.1 Å². The average Bonchev–Trinajstić information content (AvgIpc) is 2.74. The van der Waals surface area contributed by atoms with Crippen molar-refractivity contribution >= 4 is 5.96 Å². The molecule has 0 radical (unpaired) electrons. The van der Waals surface area contributed by atoms with Crippen LogP contribution in [0.25, 0.3) is 0 Å². The Balaban J connectivity index is 1.72. The fourth-order valence-electron chi connectivity index (χ4n) is 3.08. The third-order valence-electron chi connectivity index (χ3n) is 4.75. The van der Waals surface area contributed by atoms with Crippen molar-refractivity contribution in [1.82, 2.24) is 10.6 Å². The standard InChI is InChI=1S/C23H39N3O3/c1-4-24-23(25-12-7-13-28-18-20-10-14-27-15-11-20)26-16-21-8-5-6-9-22(21)29-17-19(2)3/h5-6,8-9,19-20H,4,7,10-18H2,1-3H3,(H2,24,25,26). The zero-order valence-electron chi connectivity index (χ0n) is 18.4. The number of para-hydroxylation sites is 1. The number of rotatable bonds is 12. The Morgan fingerprint density at radius 3 is 2.76 bits per heavy atom. The largest absolute Gasteiger partial charge is 0.493 e. The number of ether oxygens (including phenoxy) is 3. The highest BCUT2D eigenvalue weighted by atomic mass is 16.5. The molecule has 1 aromatic rings. The van der Waals surface area contributed by atoms with E-state index in [1.54, 1.807) is 0 Å². The highest BCUT2D eigenvalue weighted by Gasteiger charge is 2.13. The molecule has 2 rings (SSSR count). The van der Waals surface area contributed by atoms with E-state index in [1.807, 2.05) is 18.2 Å². The van der Waals surface area contributed by atoms with E-state index in [0.717, 1.165) is 76.1 Å². The average molecular weight is 406 g/mol. The normalized spacial score (nSPS) is 15.5.